The first-order chi connectivity index (χ1) is 21.2. The van der Waals surface area contributed by atoms with Gasteiger partial charge in [0.2, 0.25) is 0 Å². The molecule has 0 N–H and O–H groups in total. The average Bonchev–Trinajstić information content (AvgIpc) is 3.08. The van der Waals surface area contributed by atoms with Crippen LogP contribution in [-0.2, 0) is 0 Å². The summed E-state index contributed by atoms with van der Waals surface area (Å²) in [6.07, 6.45) is 0. The fourth-order valence-corrected chi connectivity index (χ4v) is 5.39. The van der Waals surface area contributed by atoms with Gasteiger partial charge in [0.05, 0.1) is 0 Å². The van der Waals surface area contributed by atoms with Crippen molar-refractivity contribution >= 4 is 38.6 Å². The van der Waals surface area contributed by atoms with Gasteiger partial charge >= 0.3 is 0 Å². The van der Waals surface area contributed by atoms with Crippen LogP contribution in [0.5, 0.6) is 0 Å². The van der Waals surface area contributed by atoms with Crippen molar-refractivity contribution in [1.29, 1.82) is 0 Å². The number of rotatable bonds is 4. The van der Waals surface area contributed by atoms with Gasteiger partial charge < -0.3 is 4.90 Å². The van der Waals surface area contributed by atoms with Gasteiger partial charge in [0, 0.05) is 17.1 Å². The van der Waals surface area contributed by atoms with E-state index >= 15 is 0 Å². The molecule has 0 bridgehead atoms. The smallest absolute Gasteiger partial charge is 0.0462 e. The van der Waals surface area contributed by atoms with Gasteiger partial charge in [0.25, 0.3) is 0 Å². The first-order valence-corrected chi connectivity index (χ1v) is 15.1. The number of nitrogens with zero attached hydrogens (tertiary/aromatic N) is 1. The molecule has 7 aromatic carbocycles. The lowest BCUT2D eigenvalue weighted by molar-refractivity contribution is 1.27. The monoisotopic (exact) mass is 557 g/mol. The van der Waals surface area contributed by atoms with E-state index in [4.69, 9.17) is 0 Å². The Balaban J connectivity index is 0.000000183. The third-order valence-corrected chi connectivity index (χ3v) is 7.51. The highest BCUT2D eigenvalue weighted by atomic mass is 15.1. The highest BCUT2D eigenvalue weighted by Crippen LogP contribution is 2.35. The predicted molar refractivity (Wildman–Crippen MR) is 189 cm³/mol. The van der Waals surface area contributed by atoms with Crippen molar-refractivity contribution in [2.45, 2.75) is 27.7 Å². The maximum atomic E-state index is 2.29. The van der Waals surface area contributed by atoms with Crippen LogP contribution >= 0.6 is 0 Å². The fraction of sp³-hybridized carbons (Fsp3) is 0.0952. The zero-order valence-corrected chi connectivity index (χ0v) is 25.5. The molecule has 212 valence electrons. The molecule has 0 atom stereocenters. The van der Waals surface area contributed by atoms with E-state index in [9.17, 15) is 0 Å². The Morgan fingerprint density at radius 2 is 0.814 bits per heavy atom. The summed E-state index contributed by atoms with van der Waals surface area (Å²) in [6, 6.07) is 57.8. The van der Waals surface area contributed by atoms with Crippen LogP contribution in [0.25, 0.3) is 32.7 Å². The normalized spacial score (nSPS) is 10.3. The lowest BCUT2D eigenvalue weighted by atomic mass is 9.98. The summed E-state index contributed by atoms with van der Waals surface area (Å²) < 4.78 is 0. The number of para-hydroxylation sites is 1. The summed E-state index contributed by atoms with van der Waals surface area (Å²) in [4.78, 5) is 2.29. The molecular formula is C42H39N. The van der Waals surface area contributed by atoms with Crippen LogP contribution in [0.15, 0.2) is 164 Å². The molecule has 1 heteroatoms. The third kappa shape index (κ3) is 6.85. The quantitative estimate of drug-likeness (QED) is 0.195. The molecule has 0 spiro atoms. The second kappa shape index (κ2) is 14.2. The second-order valence-corrected chi connectivity index (χ2v) is 10.4. The molecule has 0 amide bonds. The summed E-state index contributed by atoms with van der Waals surface area (Å²) in [5, 5.41) is 5.39. The molecule has 0 aromatic heterocycles. The number of hydrogen-bond donors (Lipinski definition) is 0. The third-order valence-electron chi connectivity index (χ3n) is 7.51. The van der Waals surface area contributed by atoms with Crippen LogP contribution in [0, 0.1) is 13.8 Å². The first-order valence-electron chi connectivity index (χ1n) is 15.1. The SMILES string of the molecule is CC.Cc1cc2ccccc2c2ccccc12.Cc1ccc(N(c2ccccc2)c2ccc(-c3ccccc3)cc2)cc1. The molecule has 7 aromatic rings. The fourth-order valence-electron chi connectivity index (χ4n) is 5.39. The summed E-state index contributed by atoms with van der Waals surface area (Å²) >= 11 is 0. The Morgan fingerprint density at radius 3 is 1.44 bits per heavy atom. The Bertz CT molecular complexity index is 1870. The number of anilines is 3. The Hall–Kier alpha value is -5.14. The van der Waals surface area contributed by atoms with Crippen LogP contribution in [0.2, 0.25) is 0 Å². The highest BCUT2D eigenvalue weighted by molar-refractivity contribution is 6.08. The Morgan fingerprint density at radius 1 is 0.372 bits per heavy atom. The van der Waals surface area contributed by atoms with E-state index in [1.807, 2.05) is 19.9 Å². The standard InChI is InChI=1S/C25H21N.C15H12.C2H6/c1-20-12-16-24(17-13-20)26(23-10-6-3-7-11-23)25-18-14-22(15-19-25)21-8-4-2-5-9-21;1-11-10-12-6-2-3-8-14(12)15-9-5-4-7-13(11)15;1-2/h2-19H,1H3;2-10H,1H3;1-2H3. The zero-order chi connectivity index (χ0) is 30.0. The number of aryl methyl sites for hydroxylation is 2. The summed E-state index contributed by atoms with van der Waals surface area (Å²) in [5.41, 5.74) is 8.55. The molecule has 0 saturated heterocycles. The maximum absolute atomic E-state index is 2.29. The van der Waals surface area contributed by atoms with Crippen molar-refractivity contribution in [3.8, 4) is 11.1 Å². The van der Waals surface area contributed by atoms with Crippen molar-refractivity contribution in [1.82, 2.24) is 0 Å². The van der Waals surface area contributed by atoms with Crippen LogP contribution in [0.4, 0.5) is 17.1 Å². The molecule has 0 aliphatic rings. The molecule has 43 heavy (non-hydrogen) atoms. The second-order valence-electron chi connectivity index (χ2n) is 10.4. The molecule has 0 unspecified atom stereocenters. The Kier molecular flexibility index (Phi) is 9.67. The molecule has 0 aliphatic heterocycles. The van der Waals surface area contributed by atoms with E-state index < -0.39 is 0 Å². The lowest BCUT2D eigenvalue weighted by Gasteiger charge is -2.25. The maximum Gasteiger partial charge on any atom is 0.0462 e. The van der Waals surface area contributed by atoms with Crippen LogP contribution < -0.4 is 4.90 Å². The van der Waals surface area contributed by atoms with Gasteiger partial charge in [-0.3, -0.25) is 0 Å². The zero-order valence-electron chi connectivity index (χ0n) is 25.5. The molecule has 1 nitrogen and oxygen atoms in total. The molecule has 7 rings (SSSR count). The van der Waals surface area contributed by atoms with Gasteiger partial charge in [-0.1, -0.05) is 147 Å². The van der Waals surface area contributed by atoms with Gasteiger partial charge in [0.15, 0.2) is 0 Å². The van der Waals surface area contributed by atoms with E-state index in [-0.39, 0.29) is 0 Å². The van der Waals surface area contributed by atoms with E-state index in [1.165, 1.54) is 43.8 Å². The van der Waals surface area contributed by atoms with Crippen LogP contribution in [0.1, 0.15) is 25.0 Å². The van der Waals surface area contributed by atoms with Gasteiger partial charge in [-0.2, -0.15) is 0 Å². The topological polar surface area (TPSA) is 3.24 Å². The van der Waals surface area contributed by atoms with E-state index in [0.717, 1.165) is 17.1 Å². The predicted octanol–water partition coefficient (Wildman–Crippen LogP) is 12.5. The van der Waals surface area contributed by atoms with Gasteiger partial charge in [0.1, 0.15) is 0 Å². The van der Waals surface area contributed by atoms with Crippen molar-refractivity contribution in [2.75, 3.05) is 4.90 Å². The largest absolute Gasteiger partial charge is 0.311 e. The highest BCUT2D eigenvalue weighted by Gasteiger charge is 2.12. The van der Waals surface area contributed by atoms with E-state index in [0.29, 0.717) is 0 Å². The lowest BCUT2D eigenvalue weighted by Crippen LogP contribution is -2.09. The van der Waals surface area contributed by atoms with Crippen molar-refractivity contribution in [3.63, 3.8) is 0 Å². The van der Waals surface area contributed by atoms with Crippen molar-refractivity contribution < 1.29 is 0 Å². The van der Waals surface area contributed by atoms with Crippen molar-refractivity contribution in [2.24, 2.45) is 0 Å². The summed E-state index contributed by atoms with van der Waals surface area (Å²) in [6.45, 7) is 8.29. The van der Waals surface area contributed by atoms with E-state index in [1.54, 1.807) is 0 Å². The number of hydrogen-bond acceptors (Lipinski definition) is 1. The molecular weight excluding hydrogens is 518 g/mol. The van der Waals surface area contributed by atoms with Crippen LogP contribution in [-0.4, -0.2) is 0 Å². The molecule has 0 fully saturated rings. The number of benzene rings is 7. The minimum Gasteiger partial charge on any atom is -0.311 e. The Labute approximate surface area is 256 Å². The molecule has 0 heterocycles. The van der Waals surface area contributed by atoms with Gasteiger partial charge in [-0.15, -0.1) is 0 Å². The summed E-state index contributed by atoms with van der Waals surface area (Å²) in [5.74, 6) is 0. The minimum absolute atomic E-state index is 1.15. The van der Waals surface area contributed by atoms with Gasteiger partial charge in [-0.05, 0) is 88.5 Å². The number of fused-ring (bicyclic) bond motifs is 3. The first kappa shape index (κ1) is 29.4. The van der Waals surface area contributed by atoms with Crippen molar-refractivity contribution in [3.05, 3.63) is 175 Å². The average molecular weight is 558 g/mol. The van der Waals surface area contributed by atoms with Crippen LogP contribution in [0.3, 0.4) is 0 Å². The van der Waals surface area contributed by atoms with E-state index in [2.05, 4.69) is 176 Å². The van der Waals surface area contributed by atoms with Gasteiger partial charge in [-0.25, -0.2) is 0 Å². The molecule has 0 aliphatic carbocycles. The molecule has 0 radical (unpaired) electrons. The summed E-state index contributed by atoms with van der Waals surface area (Å²) in [7, 11) is 0. The minimum atomic E-state index is 1.15. The molecule has 0 saturated carbocycles.